The molecule has 39 heavy (non-hydrogen) atoms. The maximum absolute atomic E-state index is 13.3. The van der Waals surface area contributed by atoms with E-state index in [9.17, 15) is 9.59 Å². The number of carbonyl (C=O) groups is 2. The van der Waals surface area contributed by atoms with Crippen LogP contribution in [0.1, 0.15) is 11.1 Å². The summed E-state index contributed by atoms with van der Waals surface area (Å²) in [7, 11) is 6.18. The van der Waals surface area contributed by atoms with Crippen LogP contribution in [0.5, 0.6) is 23.0 Å². The molecule has 0 aliphatic heterocycles. The Hall–Kier alpha value is -4.83. The number of fused-ring (bicyclic) bond motifs is 1. The second-order valence-corrected chi connectivity index (χ2v) is 9.02. The van der Waals surface area contributed by atoms with Crippen molar-refractivity contribution in [3.05, 3.63) is 83.9 Å². The molecule has 9 nitrogen and oxygen atoms in total. The SMILES string of the molecule is COc1ccc(/C=C/C(=O)NN(C(=O)/C=C/c2ccc(OC)c(OC)c2)c2nc3ccccc3s2)cc1OC. The number of hydrogen-bond acceptors (Lipinski definition) is 8. The molecule has 0 unspecified atom stereocenters. The summed E-state index contributed by atoms with van der Waals surface area (Å²) < 4.78 is 22.0. The summed E-state index contributed by atoms with van der Waals surface area (Å²) >= 11 is 1.29. The molecule has 0 atom stereocenters. The second kappa shape index (κ2) is 12.6. The van der Waals surface area contributed by atoms with Gasteiger partial charge in [-0.2, -0.15) is 5.01 Å². The summed E-state index contributed by atoms with van der Waals surface area (Å²) in [5.74, 6) is 1.21. The van der Waals surface area contributed by atoms with Crippen LogP contribution in [-0.4, -0.2) is 45.2 Å². The van der Waals surface area contributed by atoms with E-state index in [1.807, 2.05) is 24.3 Å². The Labute approximate surface area is 229 Å². The fraction of sp³-hybridized carbons (Fsp3) is 0.138. The third kappa shape index (κ3) is 6.55. The van der Waals surface area contributed by atoms with Gasteiger partial charge in [0.15, 0.2) is 23.0 Å². The third-order valence-corrected chi connectivity index (χ3v) is 6.60. The lowest BCUT2D eigenvalue weighted by Gasteiger charge is -2.18. The van der Waals surface area contributed by atoms with Gasteiger partial charge in [-0.05, 0) is 59.7 Å². The van der Waals surface area contributed by atoms with Gasteiger partial charge >= 0.3 is 0 Å². The molecule has 0 fully saturated rings. The molecule has 0 radical (unpaired) electrons. The number of aromatic nitrogens is 1. The predicted octanol–water partition coefficient (Wildman–Crippen LogP) is 5.12. The topological polar surface area (TPSA) is 99.2 Å². The fourth-order valence-electron chi connectivity index (χ4n) is 3.63. The normalized spacial score (nSPS) is 11.1. The van der Waals surface area contributed by atoms with Crippen molar-refractivity contribution in [3.63, 3.8) is 0 Å². The van der Waals surface area contributed by atoms with Crippen LogP contribution in [0.25, 0.3) is 22.4 Å². The molecule has 3 aromatic carbocycles. The van der Waals surface area contributed by atoms with Gasteiger partial charge in [-0.25, -0.2) is 4.98 Å². The summed E-state index contributed by atoms with van der Waals surface area (Å²) in [6.45, 7) is 0. The van der Waals surface area contributed by atoms with E-state index in [2.05, 4.69) is 10.4 Å². The van der Waals surface area contributed by atoms with Gasteiger partial charge in [-0.3, -0.25) is 15.0 Å². The van der Waals surface area contributed by atoms with Crippen molar-refractivity contribution >= 4 is 50.7 Å². The first-order valence-electron chi connectivity index (χ1n) is 11.8. The third-order valence-electron chi connectivity index (χ3n) is 5.58. The highest BCUT2D eigenvalue weighted by molar-refractivity contribution is 7.22. The van der Waals surface area contributed by atoms with Gasteiger partial charge < -0.3 is 18.9 Å². The Kier molecular flexibility index (Phi) is 8.80. The van der Waals surface area contributed by atoms with Crippen LogP contribution in [0.4, 0.5) is 5.13 Å². The molecular weight excluding hydrogens is 518 g/mol. The van der Waals surface area contributed by atoms with Crippen LogP contribution in [0.2, 0.25) is 0 Å². The van der Waals surface area contributed by atoms with Crippen molar-refractivity contribution in [2.45, 2.75) is 0 Å². The Morgan fingerprint density at radius 1 is 0.769 bits per heavy atom. The van der Waals surface area contributed by atoms with Crippen molar-refractivity contribution in [1.82, 2.24) is 10.4 Å². The first-order chi connectivity index (χ1) is 18.9. The maximum Gasteiger partial charge on any atom is 0.271 e. The number of ether oxygens (including phenoxy) is 4. The number of carbonyl (C=O) groups excluding carboxylic acids is 2. The van der Waals surface area contributed by atoms with Crippen molar-refractivity contribution in [2.24, 2.45) is 0 Å². The Morgan fingerprint density at radius 2 is 1.33 bits per heavy atom. The van der Waals surface area contributed by atoms with Gasteiger partial charge in [-0.1, -0.05) is 35.6 Å². The van der Waals surface area contributed by atoms with Crippen LogP contribution in [0, 0.1) is 0 Å². The van der Waals surface area contributed by atoms with E-state index in [1.165, 1.54) is 37.7 Å². The molecule has 4 aromatic rings. The number of hydrogen-bond donors (Lipinski definition) is 1. The number of methoxy groups -OCH3 is 4. The van der Waals surface area contributed by atoms with Gasteiger partial charge in [0.05, 0.1) is 38.7 Å². The van der Waals surface area contributed by atoms with Gasteiger partial charge in [0, 0.05) is 12.2 Å². The van der Waals surface area contributed by atoms with Crippen molar-refractivity contribution in [1.29, 1.82) is 0 Å². The van der Waals surface area contributed by atoms with Crippen LogP contribution in [0.15, 0.2) is 72.8 Å². The highest BCUT2D eigenvalue weighted by atomic mass is 32.1. The molecule has 0 aliphatic carbocycles. The van der Waals surface area contributed by atoms with Gasteiger partial charge in [-0.15, -0.1) is 0 Å². The molecule has 10 heteroatoms. The second-order valence-electron chi connectivity index (χ2n) is 8.01. The van der Waals surface area contributed by atoms with E-state index < -0.39 is 11.8 Å². The molecule has 2 amide bonds. The fourth-order valence-corrected chi connectivity index (χ4v) is 4.56. The van der Waals surface area contributed by atoms with Crippen LogP contribution in [0.3, 0.4) is 0 Å². The monoisotopic (exact) mass is 545 g/mol. The van der Waals surface area contributed by atoms with E-state index >= 15 is 0 Å². The summed E-state index contributed by atoms with van der Waals surface area (Å²) in [6.07, 6.45) is 5.91. The number of benzene rings is 3. The molecule has 0 spiro atoms. The number of para-hydroxylation sites is 1. The standard InChI is InChI=1S/C29H27N3O6S/c1-35-22-13-9-19(17-24(22)37-3)11-15-27(33)31-32(29-30-21-7-5-6-8-26(21)39-29)28(34)16-12-20-10-14-23(36-2)25(18-20)38-4/h5-18H,1-4H3,(H,31,33)/b15-11+,16-12+. The molecule has 0 saturated heterocycles. The molecule has 1 aromatic heterocycles. The maximum atomic E-state index is 13.3. The number of amides is 2. The van der Waals surface area contributed by atoms with E-state index in [-0.39, 0.29) is 0 Å². The quantitative estimate of drug-likeness (QED) is 0.230. The number of hydrazine groups is 1. The average molecular weight is 546 g/mol. The van der Waals surface area contributed by atoms with Crippen LogP contribution < -0.4 is 29.4 Å². The van der Waals surface area contributed by atoms with E-state index in [0.717, 1.165) is 9.71 Å². The van der Waals surface area contributed by atoms with Gasteiger partial charge in [0.25, 0.3) is 11.8 Å². The Bertz CT molecular complexity index is 1510. The predicted molar refractivity (Wildman–Crippen MR) is 152 cm³/mol. The highest BCUT2D eigenvalue weighted by Crippen LogP contribution is 2.30. The molecule has 0 bridgehead atoms. The summed E-state index contributed by atoms with van der Waals surface area (Å²) in [4.78, 5) is 30.8. The lowest BCUT2D eigenvalue weighted by atomic mass is 10.2. The van der Waals surface area contributed by atoms with Crippen LogP contribution >= 0.6 is 11.3 Å². The summed E-state index contributed by atoms with van der Waals surface area (Å²) in [5.41, 5.74) is 4.79. The number of rotatable bonds is 9. The zero-order chi connectivity index (χ0) is 27.8. The minimum Gasteiger partial charge on any atom is -0.493 e. The van der Waals surface area contributed by atoms with Crippen LogP contribution in [-0.2, 0) is 9.59 Å². The lowest BCUT2D eigenvalue weighted by Crippen LogP contribution is -2.45. The van der Waals surface area contributed by atoms with Crippen molar-refractivity contribution in [3.8, 4) is 23.0 Å². The zero-order valence-electron chi connectivity index (χ0n) is 21.8. The molecule has 4 rings (SSSR count). The first kappa shape index (κ1) is 27.2. The number of nitrogens with zero attached hydrogens (tertiary/aromatic N) is 2. The smallest absolute Gasteiger partial charge is 0.271 e. The highest BCUT2D eigenvalue weighted by Gasteiger charge is 2.20. The van der Waals surface area contributed by atoms with E-state index in [0.29, 0.717) is 44.8 Å². The Balaban J connectivity index is 1.58. The molecular formula is C29H27N3O6S. The molecule has 200 valence electrons. The van der Waals surface area contributed by atoms with Crippen molar-refractivity contribution in [2.75, 3.05) is 33.4 Å². The van der Waals surface area contributed by atoms with E-state index in [1.54, 1.807) is 62.8 Å². The lowest BCUT2D eigenvalue weighted by molar-refractivity contribution is -0.121. The average Bonchev–Trinajstić information content (AvgIpc) is 3.41. The summed E-state index contributed by atoms with van der Waals surface area (Å²) in [5, 5.41) is 1.45. The minimum absolute atomic E-state index is 0.325. The van der Waals surface area contributed by atoms with Crippen molar-refractivity contribution < 1.29 is 28.5 Å². The minimum atomic E-state index is -0.517. The zero-order valence-corrected chi connectivity index (χ0v) is 22.7. The summed E-state index contributed by atoms with van der Waals surface area (Å²) in [6, 6.07) is 18.0. The number of anilines is 1. The number of nitrogens with one attached hydrogen (secondary N) is 1. The number of thiazole rings is 1. The molecule has 0 saturated carbocycles. The molecule has 1 N–H and O–H groups in total. The van der Waals surface area contributed by atoms with Gasteiger partial charge in [0.2, 0.25) is 5.13 Å². The largest absolute Gasteiger partial charge is 0.493 e. The Morgan fingerprint density at radius 3 is 1.90 bits per heavy atom. The molecule has 0 aliphatic rings. The van der Waals surface area contributed by atoms with E-state index in [4.69, 9.17) is 18.9 Å². The molecule has 1 heterocycles. The first-order valence-corrected chi connectivity index (χ1v) is 12.6. The van der Waals surface area contributed by atoms with Gasteiger partial charge in [0.1, 0.15) is 0 Å².